The van der Waals surface area contributed by atoms with E-state index >= 15 is 0 Å². The summed E-state index contributed by atoms with van der Waals surface area (Å²) < 4.78 is 13.6. The maximum atomic E-state index is 5.87. The van der Waals surface area contributed by atoms with Gasteiger partial charge in [-0.15, -0.1) is 0 Å². The van der Waals surface area contributed by atoms with E-state index in [-0.39, 0.29) is 48.0 Å². The van der Waals surface area contributed by atoms with E-state index in [1.165, 1.54) is 11.1 Å². The second kappa shape index (κ2) is 13.9. The molecule has 0 saturated carbocycles. The van der Waals surface area contributed by atoms with Gasteiger partial charge in [0.25, 0.3) is 0 Å². The van der Waals surface area contributed by atoms with Crippen LogP contribution in [0.2, 0.25) is 0 Å². The van der Waals surface area contributed by atoms with Crippen LogP contribution in [0.4, 0.5) is 0 Å². The SMILES string of the molecule is CC(Cc1ccc(OCC[N+](C)(C)C)cc1)c1ccc(OCC[N+](C)(C)C)cc1.[I-].[I-]. The zero-order chi connectivity index (χ0) is 21.5. The molecule has 0 fully saturated rings. The Bertz CT molecular complexity index is 736. The zero-order valence-corrected chi connectivity index (χ0v) is 24.5. The molecular weight excluding hydrogens is 614 g/mol. The number of rotatable bonds is 11. The fraction of sp³-hybridized carbons (Fsp3) is 0.520. The second-order valence-electron chi connectivity index (χ2n) is 10.0. The van der Waals surface area contributed by atoms with Gasteiger partial charge in [-0.05, 0) is 47.7 Å². The molecule has 2 aromatic rings. The average molecular weight is 654 g/mol. The molecule has 2 aromatic carbocycles. The topological polar surface area (TPSA) is 18.5 Å². The van der Waals surface area contributed by atoms with Gasteiger partial charge < -0.3 is 66.4 Å². The Kier molecular flexibility index (Phi) is 13.6. The van der Waals surface area contributed by atoms with Gasteiger partial charge in [0, 0.05) is 0 Å². The highest BCUT2D eigenvalue weighted by atomic mass is 127. The smallest absolute Gasteiger partial charge is 0.137 e. The van der Waals surface area contributed by atoms with Crippen LogP contribution in [0.15, 0.2) is 48.5 Å². The highest BCUT2D eigenvalue weighted by Crippen LogP contribution is 2.24. The molecule has 31 heavy (non-hydrogen) atoms. The number of nitrogens with zero attached hydrogens (tertiary/aromatic N) is 2. The number of hydrogen-bond acceptors (Lipinski definition) is 2. The lowest BCUT2D eigenvalue weighted by Crippen LogP contribution is -3.00. The molecule has 0 amide bonds. The number of likely N-dealkylation sites (N-methyl/N-ethyl adjacent to an activating group) is 2. The summed E-state index contributed by atoms with van der Waals surface area (Å²) in [5.41, 5.74) is 2.67. The van der Waals surface area contributed by atoms with E-state index in [9.17, 15) is 0 Å². The summed E-state index contributed by atoms with van der Waals surface area (Å²) in [5, 5.41) is 0. The fourth-order valence-electron chi connectivity index (χ4n) is 2.96. The maximum Gasteiger partial charge on any atom is 0.137 e. The van der Waals surface area contributed by atoms with E-state index in [1.54, 1.807) is 0 Å². The van der Waals surface area contributed by atoms with Crippen LogP contribution in [0.1, 0.15) is 24.0 Å². The quantitative estimate of drug-likeness (QED) is 0.211. The van der Waals surface area contributed by atoms with E-state index < -0.39 is 0 Å². The van der Waals surface area contributed by atoms with Gasteiger partial charge in [0.2, 0.25) is 0 Å². The molecule has 0 aromatic heterocycles. The molecule has 2 rings (SSSR count). The summed E-state index contributed by atoms with van der Waals surface area (Å²) in [6.45, 7) is 5.74. The number of hydrogen-bond donors (Lipinski definition) is 0. The minimum absolute atomic E-state index is 0. The third-order valence-electron chi connectivity index (χ3n) is 4.98. The van der Waals surface area contributed by atoms with Gasteiger partial charge in [-0.2, -0.15) is 0 Å². The van der Waals surface area contributed by atoms with E-state index in [4.69, 9.17) is 9.47 Å². The second-order valence-corrected chi connectivity index (χ2v) is 10.0. The predicted octanol–water partition coefficient (Wildman–Crippen LogP) is -1.79. The Morgan fingerprint density at radius 1 is 0.645 bits per heavy atom. The molecule has 1 atom stereocenters. The number of halogens is 2. The number of ether oxygens (including phenoxy) is 2. The normalized spacial score (nSPS) is 12.4. The molecule has 0 aliphatic carbocycles. The van der Waals surface area contributed by atoms with Crippen LogP contribution in [0.25, 0.3) is 0 Å². The van der Waals surface area contributed by atoms with Gasteiger partial charge in [0.05, 0.1) is 42.3 Å². The first-order valence-electron chi connectivity index (χ1n) is 10.6. The molecule has 0 aliphatic rings. The van der Waals surface area contributed by atoms with E-state index in [0.29, 0.717) is 5.92 Å². The Morgan fingerprint density at radius 3 is 1.42 bits per heavy atom. The Labute approximate surface area is 224 Å². The predicted molar refractivity (Wildman–Crippen MR) is 122 cm³/mol. The van der Waals surface area contributed by atoms with Crippen LogP contribution in [-0.4, -0.2) is 77.6 Å². The van der Waals surface area contributed by atoms with Gasteiger partial charge in [-0.1, -0.05) is 31.2 Å². The van der Waals surface area contributed by atoms with Crippen molar-refractivity contribution in [3.05, 3.63) is 59.7 Å². The summed E-state index contributed by atoms with van der Waals surface area (Å²) in [7, 11) is 13.1. The van der Waals surface area contributed by atoms with Crippen molar-refractivity contribution in [1.29, 1.82) is 0 Å². The van der Waals surface area contributed by atoms with Crippen molar-refractivity contribution in [3.63, 3.8) is 0 Å². The minimum Gasteiger partial charge on any atom is -1.00 e. The van der Waals surface area contributed by atoms with Crippen LogP contribution in [0.5, 0.6) is 11.5 Å². The van der Waals surface area contributed by atoms with Crippen molar-refractivity contribution in [1.82, 2.24) is 0 Å². The molecule has 0 heterocycles. The largest absolute Gasteiger partial charge is 1.00 e. The molecule has 0 spiro atoms. The van der Waals surface area contributed by atoms with Crippen molar-refractivity contribution in [2.75, 3.05) is 68.6 Å². The molecular formula is C25H40I2N2O2. The van der Waals surface area contributed by atoms with E-state index in [1.807, 2.05) is 0 Å². The number of benzene rings is 2. The zero-order valence-electron chi connectivity index (χ0n) is 20.2. The van der Waals surface area contributed by atoms with Crippen molar-refractivity contribution in [2.45, 2.75) is 19.3 Å². The van der Waals surface area contributed by atoms with Crippen molar-refractivity contribution >= 4 is 0 Å². The molecule has 4 nitrogen and oxygen atoms in total. The molecule has 1 unspecified atom stereocenters. The van der Waals surface area contributed by atoms with Gasteiger partial charge in [-0.3, -0.25) is 0 Å². The van der Waals surface area contributed by atoms with Crippen LogP contribution < -0.4 is 57.4 Å². The van der Waals surface area contributed by atoms with Crippen LogP contribution in [-0.2, 0) is 6.42 Å². The Hall–Kier alpha value is -0.580. The van der Waals surface area contributed by atoms with Crippen LogP contribution >= 0.6 is 0 Å². The highest BCUT2D eigenvalue weighted by Gasteiger charge is 2.10. The van der Waals surface area contributed by atoms with Gasteiger partial charge >= 0.3 is 0 Å². The lowest BCUT2D eigenvalue weighted by molar-refractivity contribution is -0.870. The molecule has 0 N–H and O–H groups in total. The summed E-state index contributed by atoms with van der Waals surface area (Å²) >= 11 is 0. The average Bonchev–Trinajstić information content (AvgIpc) is 2.61. The monoisotopic (exact) mass is 654 g/mol. The summed E-state index contributed by atoms with van der Waals surface area (Å²) in [5.74, 6) is 2.36. The van der Waals surface area contributed by atoms with E-state index in [2.05, 4.69) is 97.7 Å². The Balaban J connectivity index is 0.00000450. The van der Waals surface area contributed by atoms with Gasteiger partial charge in [0.1, 0.15) is 37.8 Å². The van der Waals surface area contributed by atoms with Crippen molar-refractivity contribution in [3.8, 4) is 11.5 Å². The summed E-state index contributed by atoms with van der Waals surface area (Å²) in [6, 6.07) is 17.1. The molecule has 6 heteroatoms. The van der Waals surface area contributed by atoms with Crippen LogP contribution in [0, 0.1) is 0 Å². The molecule has 0 bridgehead atoms. The molecule has 0 saturated heterocycles. The third-order valence-corrected chi connectivity index (χ3v) is 4.98. The minimum atomic E-state index is 0. The third kappa shape index (κ3) is 12.9. The lowest BCUT2D eigenvalue weighted by Gasteiger charge is -2.23. The Morgan fingerprint density at radius 2 is 1.03 bits per heavy atom. The highest BCUT2D eigenvalue weighted by molar-refractivity contribution is 5.32. The maximum absolute atomic E-state index is 5.87. The fourth-order valence-corrected chi connectivity index (χ4v) is 2.96. The van der Waals surface area contributed by atoms with Crippen molar-refractivity contribution in [2.24, 2.45) is 0 Å². The van der Waals surface area contributed by atoms with Crippen LogP contribution in [0.3, 0.4) is 0 Å². The number of quaternary nitrogens is 2. The molecule has 176 valence electrons. The molecule has 0 aliphatic heterocycles. The standard InChI is InChI=1S/C25H40N2O2.2HI/c1-21(23-10-14-25(15-11-23)29-19-17-27(5,6)7)20-22-8-12-24(13-9-22)28-18-16-26(2,3)4;;/h8-15,21H,16-20H2,1-7H3;2*1H/q+2;;/p-2. The summed E-state index contributed by atoms with van der Waals surface area (Å²) in [6.07, 6.45) is 1.01. The van der Waals surface area contributed by atoms with E-state index in [0.717, 1.165) is 53.2 Å². The first-order valence-corrected chi connectivity index (χ1v) is 10.6. The first kappa shape index (κ1) is 30.4. The lowest BCUT2D eigenvalue weighted by atomic mass is 9.94. The summed E-state index contributed by atoms with van der Waals surface area (Å²) in [4.78, 5) is 0. The van der Waals surface area contributed by atoms with Crippen molar-refractivity contribution < 1.29 is 66.4 Å². The van der Waals surface area contributed by atoms with Gasteiger partial charge in [-0.25, -0.2) is 0 Å². The molecule has 0 radical (unpaired) electrons. The first-order chi connectivity index (χ1) is 13.5. The van der Waals surface area contributed by atoms with Gasteiger partial charge in [0.15, 0.2) is 0 Å².